The molecule has 0 aromatic rings. The van der Waals surface area contributed by atoms with Crippen molar-refractivity contribution >= 4 is 11.8 Å². The topological polar surface area (TPSA) is 49.4 Å². The number of carbonyl (C=O) groups excluding carboxylic acids is 2. The number of nitrogens with zero attached hydrogens (tertiary/aromatic N) is 1. The summed E-state index contributed by atoms with van der Waals surface area (Å²) < 4.78 is 0. The van der Waals surface area contributed by atoms with E-state index < -0.39 is 0 Å². The van der Waals surface area contributed by atoms with Gasteiger partial charge in [-0.05, 0) is 24.2 Å². The van der Waals surface area contributed by atoms with Crippen LogP contribution in [0.4, 0.5) is 0 Å². The Morgan fingerprint density at radius 1 is 1.26 bits per heavy atom. The summed E-state index contributed by atoms with van der Waals surface area (Å²) in [5.41, 5.74) is 0.0439. The molecule has 4 nitrogen and oxygen atoms in total. The Morgan fingerprint density at radius 2 is 1.84 bits per heavy atom. The number of carbonyl (C=O) groups is 2. The molecule has 19 heavy (non-hydrogen) atoms. The van der Waals surface area contributed by atoms with Crippen LogP contribution < -0.4 is 5.32 Å². The van der Waals surface area contributed by atoms with E-state index in [9.17, 15) is 9.59 Å². The fourth-order valence-electron chi connectivity index (χ4n) is 2.40. The molecule has 0 aromatic carbocycles. The third-order valence-electron chi connectivity index (χ3n) is 4.13. The van der Waals surface area contributed by atoms with Crippen molar-refractivity contribution in [3.05, 3.63) is 0 Å². The van der Waals surface area contributed by atoms with E-state index in [0.717, 1.165) is 6.42 Å². The summed E-state index contributed by atoms with van der Waals surface area (Å²) in [4.78, 5) is 26.6. The summed E-state index contributed by atoms with van der Waals surface area (Å²) in [6.07, 6.45) is 1.66. The van der Waals surface area contributed by atoms with E-state index in [1.807, 2.05) is 20.8 Å². The van der Waals surface area contributed by atoms with Crippen LogP contribution in [0.2, 0.25) is 0 Å². The maximum atomic E-state index is 12.6. The quantitative estimate of drug-likeness (QED) is 0.831. The molecule has 110 valence electrons. The molecule has 1 heterocycles. The third-order valence-corrected chi connectivity index (χ3v) is 4.13. The summed E-state index contributed by atoms with van der Waals surface area (Å²) in [6, 6.07) is -0.684. The van der Waals surface area contributed by atoms with Crippen molar-refractivity contribution in [1.29, 1.82) is 0 Å². The lowest BCUT2D eigenvalue weighted by atomic mass is 9.87. The minimum Gasteiger partial charge on any atom is -0.342 e. The van der Waals surface area contributed by atoms with Crippen LogP contribution in [0, 0.1) is 11.3 Å². The van der Waals surface area contributed by atoms with Gasteiger partial charge < -0.3 is 10.2 Å². The lowest BCUT2D eigenvalue weighted by Gasteiger charge is -2.43. The molecule has 0 aliphatic carbocycles. The molecule has 0 bridgehead atoms. The van der Waals surface area contributed by atoms with Crippen molar-refractivity contribution < 1.29 is 9.59 Å². The summed E-state index contributed by atoms with van der Waals surface area (Å²) in [5, 5.41) is 2.87. The monoisotopic (exact) mass is 268 g/mol. The molecule has 1 saturated heterocycles. The van der Waals surface area contributed by atoms with Gasteiger partial charge in [-0.25, -0.2) is 0 Å². The zero-order chi connectivity index (χ0) is 14.8. The van der Waals surface area contributed by atoms with Crippen LogP contribution in [0.25, 0.3) is 0 Å². The molecule has 1 rings (SSSR count). The van der Waals surface area contributed by atoms with Gasteiger partial charge in [0.05, 0.1) is 0 Å². The van der Waals surface area contributed by atoms with Crippen LogP contribution in [0.15, 0.2) is 0 Å². The molecule has 1 aliphatic rings. The summed E-state index contributed by atoms with van der Waals surface area (Å²) in [7, 11) is 0. The first-order valence-corrected chi connectivity index (χ1v) is 7.34. The highest BCUT2D eigenvalue weighted by molar-refractivity contribution is 5.97. The van der Waals surface area contributed by atoms with Gasteiger partial charge in [0.25, 0.3) is 0 Å². The van der Waals surface area contributed by atoms with Gasteiger partial charge in [-0.3, -0.25) is 9.59 Å². The normalized spacial score (nSPS) is 24.9. The van der Waals surface area contributed by atoms with Gasteiger partial charge in [-0.2, -0.15) is 0 Å². The van der Waals surface area contributed by atoms with E-state index in [-0.39, 0.29) is 35.2 Å². The first-order chi connectivity index (χ1) is 8.73. The van der Waals surface area contributed by atoms with Gasteiger partial charge in [0.2, 0.25) is 11.8 Å². The van der Waals surface area contributed by atoms with Crippen molar-refractivity contribution in [2.24, 2.45) is 11.3 Å². The van der Waals surface area contributed by atoms with Gasteiger partial charge >= 0.3 is 0 Å². The zero-order valence-corrected chi connectivity index (χ0v) is 13.1. The fraction of sp³-hybridized carbons (Fsp3) is 0.867. The molecule has 2 atom stereocenters. The second-order valence-electron chi connectivity index (χ2n) is 6.64. The molecule has 2 unspecified atom stereocenters. The predicted octanol–water partition coefficient (Wildman–Crippen LogP) is 2.18. The predicted molar refractivity (Wildman–Crippen MR) is 76.6 cm³/mol. The molecule has 0 aromatic heterocycles. The van der Waals surface area contributed by atoms with Crippen LogP contribution in [0.3, 0.4) is 0 Å². The van der Waals surface area contributed by atoms with E-state index in [1.165, 1.54) is 0 Å². The number of hydrogen-bond acceptors (Lipinski definition) is 2. The second-order valence-corrected chi connectivity index (χ2v) is 6.64. The van der Waals surface area contributed by atoms with Crippen LogP contribution in [0.1, 0.15) is 54.4 Å². The van der Waals surface area contributed by atoms with E-state index in [2.05, 4.69) is 26.1 Å². The Balaban J connectivity index is 2.99. The van der Waals surface area contributed by atoms with E-state index in [4.69, 9.17) is 0 Å². The maximum absolute atomic E-state index is 12.6. The highest BCUT2D eigenvalue weighted by Gasteiger charge is 2.42. The van der Waals surface area contributed by atoms with Crippen LogP contribution in [0.5, 0.6) is 0 Å². The Morgan fingerprint density at radius 3 is 2.26 bits per heavy atom. The molecule has 0 saturated carbocycles. The Bertz CT molecular complexity index is 350. The van der Waals surface area contributed by atoms with Gasteiger partial charge in [-0.1, -0.05) is 41.5 Å². The second kappa shape index (κ2) is 5.93. The number of hydrogen-bond donors (Lipinski definition) is 1. The standard InChI is InChI=1S/C15H28N2O2/c1-7-11-13(18)16-12(10(3)4)14(19)17(11)9-15(5,6)8-2/h10-12H,7-9H2,1-6H3,(H,16,18). The fourth-order valence-corrected chi connectivity index (χ4v) is 2.40. The average Bonchev–Trinajstić information content (AvgIpc) is 2.33. The third kappa shape index (κ3) is 3.48. The zero-order valence-electron chi connectivity index (χ0n) is 13.1. The number of nitrogens with one attached hydrogen (secondary N) is 1. The Hall–Kier alpha value is -1.06. The van der Waals surface area contributed by atoms with Crippen molar-refractivity contribution in [1.82, 2.24) is 10.2 Å². The summed E-state index contributed by atoms with van der Waals surface area (Å²) >= 11 is 0. The summed E-state index contributed by atoms with van der Waals surface area (Å²) in [5.74, 6) is 0.192. The molecule has 4 heteroatoms. The van der Waals surface area contributed by atoms with Crippen LogP contribution in [-0.2, 0) is 9.59 Å². The van der Waals surface area contributed by atoms with Crippen LogP contribution in [-0.4, -0.2) is 35.3 Å². The molecule has 1 fully saturated rings. The molecular weight excluding hydrogens is 240 g/mol. The number of amides is 2. The van der Waals surface area contributed by atoms with Gasteiger partial charge in [0, 0.05) is 6.54 Å². The molecular formula is C15H28N2O2. The molecule has 1 N–H and O–H groups in total. The SMILES string of the molecule is CCC1C(=O)NC(C(C)C)C(=O)N1CC(C)(C)CC. The highest BCUT2D eigenvalue weighted by atomic mass is 16.2. The first kappa shape index (κ1) is 16.0. The molecule has 2 amide bonds. The average molecular weight is 268 g/mol. The lowest BCUT2D eigenvalue weighted by Crippen LogP contribution is -2.65. The minimum absolute atomic E-state index is 0.00676. The van der Waals surface area contributed by atoms with Crippen molar-refractivity contribution in [2.45, 2.75) is 66.5 Å². The van der Waals surface area contributed by atoms with E-state index in [0.29, 0.717) is 13.0 Å². The Kier molecular flexibility index (Phi) is 4.99. The van der Waals surface area contributed by atoms with Gasteiger partial charge in [0.1, 0.15) is 12.1 Å². The molecule has 1 aliphatic heterocycles. The molecule has 0 radical (unpaired) electrons. The lowest BCUT2D eigenvalue weighted by molar-refractivity contribution is -0.152. The minimum atomic E-state index is -0.372. The van der Waals surface area contributed by atoms with E-state index >= 15 is 0 Å². The van der Waals surface area contributed by atoms with Crippen molar-refractivity contribution in [3.63, 3.8) is 0 Å². The highest BCUT2D eigenvalue weighted by Crippen LogP contribution is 2.26. The number of piperazine rings is 1. The smallest absolute Gasteiger partial charge is 0.246 e. The maximum Gasteiger partial charge on any atom is 0.246 e. The van der Waals surface area contributed by atoms with E-state index in [1.54, 1.807) is 4.90 Å². The van der Waals surface area contributed by atoms with Crippen molar-refractivity contribution in [2.75, 3.05) is 6.54 Å². The van der Waals surface area contributed by atoms with Crippen LogP contribution >= 0.6 is 0 Å². The van der Waals surface area contributed by atoms with Gasteiger partial charge in [-0.15, -0.1) is 0 Å². The van der Waals surface area contributed by atoms with Gasteiger partial charge in [0.15, 0.2) is 0 Å². The molecule has 0 spiro atoms. The van der Waals surface area contributed by atoms with Crippen molar-refractivity contribution in [3.8, 4) is 0 Å². The first-order valence-electron chi connectivity index (χ1n) is 7.34. The Labute approximate surface area is 116 Å². The summed E-state index contributed by atoms with van der Waals surface area (Å²) in [6.45, 7) is 13.0. The number of rotatable bonds is 5. The largest absolute Gasteiger partial charge is 0.342 e.